The molecule has 2 rings (SSSR count). The summed E-state index contributed by atoms with van der Waals surface area (Å²) in [5, 5.41) is 9.32. The molecule has 8 heteroatoms. The van der Waals surface area contributed by atoms with Crippen molar-refractivity contribution in [3.8, 4) is 17.2 Å². The zero-order chi connectivity index (χ0) is 18.6. The first kappa shape index (κ1) is 19.2. The highest BCUT2D eigenvalue weighted by molar-refractivity contribution is 8.00. The number of amides is 1. The highest BCUT2D eigenvalue weighted by Crippen LogP contribution is 2.40. The maximum absolute atomic E-state index is 13.1. The molecule has 1 aliphatic heterocycles. The molecule has 0 saturated carbocycles. The molecule has 1 fully saturated rings. The van der Waals surface area contributed by atoms with Crippen molar-refractivity contribution in [3.63, 3.8) is 0 Å². The van der Waals surface area contributed by atoms with Gasteiger partial charge in [0.25, 0.3) is 5.91 Å². The monoisotopic (exact) mass is 369 g/mol. The van der Waals surface area contributed by atoms with Crippen molar-refractivity contribution in [2.45, 2.75) is 31.2 Å². The number of carbonyl (C=O) groups is 2. The molecular formula is C17H23NO6S. The Hall–Kier alpha value is -2.09. The van der Waals surface area contributed by atoms with E-state index in [0.717, 1.165) is 12.8 Å². The normalized spacial score (nSPS) is 19.6. The lowest BCUT2D eigenvalue weighted by atomic mass is 10.1. The Morgan fingerprint density at radius 3 is 2.24 bits per heavy atom. The molecule has 25 heavy (non-hydrogen) atoms. The second-order valence-electron chi connectivity index (χ2n) is 5.56. The molecule has 0 aliphatic carbocycles. The minimum absolute atomic E-state index is 0.155. The molecule has 2 atom stereocenters. The summed E-state index contributed by atoms with van der Waals surface area (Å²) >= 11 is 1.50. The number of carboxylic acids is 1. The lowest BCUT2D eigenvalue weighted by Gasteiger charge is -2.27. The molecule has 1 heterocycles. The number of methoxy groups -OCH3 is 3. The number of hydrogen-bond acceptors (Lipinski definition) is 6. The van der Waals surface area contributed by atoms with Crippen molar-refractivity contribution in [1.82, 2.24) is 4.90 Å². The van der Waals surface area contributed by atoms with Gasteiger partial charge in [0.2, 0.25) is 5.75 Å². The van der Waals surface area contributed by atoms with Crippen LogP contribution >= 0.6 is 11.8 Å². The van der Waals surface area contributed by atoms with Crippen LogP contribution in [0.4, 0.5) is 0 Å². The summed E-state index contributed by atoms with van der Waals surface area (Å²) in [7, 11) is 4.42. The Balaban J connectivity index is 2.44. The number of benzene rings is 1. The highest BCUT2D eigenvalue weighted by atomic mass is 32.2. The lowest BCUT2D eigenvalue weighted by molar-refractivity contribution is -0.141. The maximum Gasteiger partial charge on any atom is 0.327 e. The van der Waals surface area contributed by atoms with Crippen LogP contribution in [0.1, 0.15) is 30.1 Å². The third kappa shape index (κ3) is 3.78. The Bertz CT molecular complexity index is 625. The molecule has 1 saturated heterocycles. The van der Waals surface area contributed by atoms with E-state index in [1.54, 1.807) is 12.1 Å². The Kier molecular flexibility index (Phi) is 6.41. The van der Waals surface area contributed by atoms with Crippen LogP contribution < -0.4 is 14.2 Å². The third-order valence-corrected chi connectivity index (χ3v) is 5.42. The van der Waals surface area contributed by atoms with E-state index in [1.165, 1.54) is 38.0 Å². The number of ether oxygens (including phenoxy) is 3. The van der Waals surface area contributed by atoms with Gasteiger partial charge in [-0.1, -0.05) is 13.3 Å². The molecule has 0 bridgehead atoms. The van der Waals surface area contributed by atoms with E-state index >= 15 is 0 Å². The SMILES string of the molecule is CCCC1SCC(C(=O)O)N1C(=O)c1cc(OC)c(OC)c(OC)c1. The van der Waals surface area contributed by atoms with E-state index in [-0.39, 0.29) is 11.3 Å². The summed E-state index contributed by atoms with van der Waals surface area (Å²) in [5.41, 5.74) is 0.310. The zero-order valence-corrected chi connectivity index (χ0v) is 15.6. The quantitative estimate of drug-likeness (QED) is 0.790. The van der Waals surface area contributed by atoms with Crippen molar-refractivity contribution in [3.05, 3.63) is 17.7 Å². The Labute approximate surface area is 151 Å². The first-order valence-electron chi connectivity index (χ1n) is 7.95. The van der Waals surface area contributed by atoms with Gasteiger partial charge in [-0.15, -0.1) is 11.8 Å². The van der Waals surface area contributed by atoms with Gasteiger partial charge < -0.3 is 24.2 Å². The summed E-state index contributed by atoms with van der Waals surface area (Å²) in [5.74, 6) is 0.141. The first-order valence-corrected chi connectivity index (χ1v) is 9.00. The minimum Gasteiger partial charge on any atom is -0.493 e. The van der Waals surface area contributed by atoms with Gasteiger partial charge in [-0.3, -0.25) is 4.79 Å². The zero-order valence-electron chi connectivity index (χ0n) is 14.8. The number of carbonyl (C=O) groups excluding carboxylic acids is 1. The van der Waals surface area contributed by atoms with Crippen molar-refractivity contribution in [2.75, 3.05) is 27.1 Å². The van der Waals surface area contributed by atoms with Crippen LogP contribution in [-0.4, -0.2) is 60.4 Å². The summed E-state index contributed by atoms with van der Waals surface area (Å²) in [4.78, 5) is 26.1. The van der Waals surface area contributed by atoms with Gasteiger partial charge in [-0.05, 0) is 18.6 Å². The second-order valence-corrected chi connectivity index (χ2v) is 6.77. The Morgan fingerprint density at radius 1 is 1.20 bits per heavy atom. The van der Waals surface area contributed by atoms with Gasteiger partial charge in [0.05, 0.1) is 26.7 Å². The number of rotatable bonds is 7. The number of aliphatic carboxylic acids is 1. The summed E-state index contributed by atoms with van der Waals surface area (Å²) in [6.07, 6.45) is 1.60. The molecule has 138 valence electrons. The van der Waals surface area contributed by atoms with E-state index in [9.17, 15) is 14.7 Å². The summed E-state index contributed by atoms with van der Waals surface area (Å²) in [6, 6.07) is 2.26. The van der Waals surface area contributed by atoms with Crippen LogP contribution in [0, 0.1) is 0 Å². The topological polar surface area (TPSA) is 85.3 Å². The van der Waals surface area contributed by atoms with Gasteiger partial charge in [-0.25, -0.2) is 4.79 Å². The number of nitrogens with zero attached hydrogens (tertiary/aromatic N) is 1. The number of carboxylic acid groups (broad SMARTS) is 1. The van der Waals surface area contributed by atoms with Crippen LogP contribution in [0.5, 0.6) is 17.2 Å². The van der Waals surface area contributed by atoms with Gasteiger partial charge in [-0.2, -0.15) is 0 Å². The van der Waals surface area contributed by atoms with Gasteiger partial charge in [0.15, 0.2) is 11.5 Å². The fourth-order valence-corrected chi connectivity index (χ4v) is 4.36. The molecular weight excluding hydrogens is 346 g/mol. The highest BCUT2D eigenvalue weighted by Gasteiger charge is 2.41. The lowest BCUT2D eigenvalue weighted by Crippen LogP contribution is -2.45. The smallest absolute Gasteiger partial charge is 0.327 e. The van der Waals surface area contributed by atoms with Crippen molar-refractivity contribution >= 4 is 23.6 Å². The van der Waals surface area contributed by atoms with E-state index in [2.05, 4.69) is 0 Å². The molecule has 2 unspecified atom stereocenters. The van der Waals surface area contributed by atoms with Crippen LogP contribution in [0.2, 0.25) is 0 Å². The van der Waals surface area contributed by atoms with Gasteiger partial charge in [0.1, 0.15) is 6.04 Å². The van der Waals surface area contributed by atoms with E-state index in [4.69, 9.17) is 14.2 Å². The van der Waals surface area contributed by atoms with Crippen LogP contribution in [0.3, 0.4) is 0 Å². The predicted molar refractivity (Wildman–Crippen MR) is 94.8 cm³/mol. The molecule has 0 spiro atoms. The average Bonchev–Trinajstić information content (AvgIpc) is 3.03. The Morgan fingerprint density at radius 2 is 1.80 bits per heavy atom. The first-order chi connectivity index (χ1) is 12.0. The maximum atomic E-state index is 13.1. The number of thioether (sulfide) groups is 1. The molecule has 1 aromatic rings. The van der Waals surface area contributed by atoms with Crippen LogP contribution in [0.25, 0.3) is 0 Å². The van der Waals surface area contributed by atoms with Gasteiger partial charge in [0, 0.05) is 11.3 Å². The molecule has 1 amide bonds. The van der Waals surface area contributed by atoms with Crippen LogP contribution in [-0.2, 0) is 4.79 Å². The molecule has 1 N–H and O–H groups in total. The molecule has 7 nitrogen and oxygen atoms in total. The van der Waals surface area contributed by atoms with Crippen molar-refractivity contribution in [1.29, 1.82) is 0 Å². The molecule has 1 aliphatic rings. The standard InChI is InChI=1S/C17H23NO6S/c1-5-6-14-18(11(9-25-14)17(20)21)16(19)10-7-12(22-2)15(24-4)13(8-10)23-3/h7-8,11,14H,5-6,9H2,1-4H3,(H,20,21). The van der Waals surface area contributed by atoms with E-state index in [0.29, 0.717) is 28.6 Å². The summed E-state index contributed by atoms with van der Waals surface area (Å²) < 4.78 is 15.8. The predicted octanol–water partition coefficient (Wildman–Crippen LogP) is 2.48. The largest absolute Gasteiger partial charge is 0.493 e. The number of hydrogen-bond donors (Lipinski definition) is 1. The second kappa shape index (κ2) is 8.33. The minimum atomic E-state index is -0.994. The van der Waals surface area contributed by atoms with Crippen molar-refractivity contribution < 1.29 is 28.9 Å². The fraction of sp³-hybridized carbons (Fsp3) is 0.529. The van der Waals surface area contributed by atoms with Crippen molar-refractivity contribution in [2.24, 2.45) is 0 Å². The van der Waals surface area contributed by atoms with Crippen LogP contribution in [0.15, 0.2) is 12.1 Å². The molecule has 0 aromatic heterocycles. The van der Waals surface area contributed by atoms with Gasteiger partial charge >= 0.3 is 5.97 Å². The molecule has 1 aromatic carbocycles. The van der Waals surface area contributed by atoms with E-state index < -0.39 is 12.0 Å². The van der Waals surface area contributed by atoms with E-state index in [1.807, 2.05) is 6.92 Å². The third-order valence-electron chi connectivity index (χ3n) is 4.06. The summed E-state index contributed by atoms with van der Waals surface area (Å²) in [6.45, 7) is 2.01. The molecule has 0 radical (unpaired) electrons. The fourth-order valence-electron chi connectivity index (χ4n) is 2.85. The average molecular weight is 369 g/mol.